The summed E-state index contributed by atoms with van der Waals surface area (Å²) in [5.74, 6) is 0.723. The minimum Gasteiger partial charge on any atom is -0.488 e. The van der Waals surface area contributed by atoms with Gasteiger partial charge in [0, 0.05) is 24.9 Å². The van der Waals surface area contributed by atoms with Gasteiger partial charge in [-0.2, -0.15) is 5.10 Å². The van der Waals surface area contributed by atoms with Crippen molar-refractivity contribution in [2.75, 3.05) is 31.8 Å². The molecular formula is C15H18N4O3S. The van der Waals surface area contributed by atoms with Crippen molar-refractivity contribution >= 4 is 22.9 Å². The van der Waals surface area contributed by atoms with E-state index in [4.69, 9.17) is 9.47 Å². The summed E-state index contributed by atoms with van der Waals surface area (Å²) in [6.45, 7) is 3.97. The topological polar surface area (TPSA) is 79.5 Å². The van der Waals surface area contributed by atoms with Crippen LogP contribution in [0.3, 0.4) is 0 Å². The van der Waals surface area contributed by atoms with Gasteiger partial charge in [0.2, 0.25) is 0 Å². The highest BCUT2D eigenvalue weighted by Crippen LogP contribution is 2.50. The van der Waals surface area contributed by atoms with Crippen LogP contribution >= 0.6 is 11.3 Å². The molecule has 122 valence electrons. The van der Waals surface area contributed by atoms with E-state index in [0.29, 0.717) is 18.1 Å². The van der Waals surface area contributed by atoms with Gasteiger partial charge in [-0.1, -0.05) is 0 Å². The number of aromatic amines is 1. The van der Waals surface area contributed by atoms with E-state index in [9.17, 15) is 4.79 Å². The van der Waals surface area contributed by atoms with Crippen LogP contribution in [0.5, 0.6) is 5.75 Å². The lowest BCUT2D eigenvalue weighted by atomic mass is 10.1. The Kier molecular flexibility index (Phi) is 3.50. The molecule has 1 amide bonds. The highest BCUT2D eigenvalue weighted by molar-refractivity contribution is 7.18. The maximum atomic E-state index is 12.7. The number of rotatable bonds is 3. The van der Waals surface area contributed by atoms with Crippen molar-refractivity contribution in [2.24, 2.45) is 0 Å². The second kappa shape index (κ2) is 5.54. The first-order chi connectivity index (χ1) is 11.2. The van der Waals surface area contributed by atoms with Crippen molar-refractivity contribution in [3.63, 3.8) is 0 Å². The van der Waals surface area contributed by atoms with Crippen molar-refractivity contribution in [3.05, 3.63) is 17.3 Å². The number of amides is 1. The third-order valence-corrected chi connectivity index (χ3v) is 5.62. The van der Waals surface area contributed by atoms with Gasteiger partial charge in [0.1, 0.15) is 17.2 Å². The standard InChI is InChI=1S/C15H18N4O3S/c1-8-10(7-21-2)18-15(20)14-11-12(22-4-3-19(8)11)13(23-14)9-5-16-17-6-9/h5-6,8,10H,3-4,7H2,1-2H3,(H,16,17)(H,18,20)/t8-,10+/m0/s1. The molecule has 2 aromatic rings. The second-order valence-electron chi connectivity index (χ2n) is 5.74. The molecule has 4 rings (SSSR count). The Morgan fingerprint density at radius 1 is 1.52 bits per heavy atom. The fourth-order valence-electron chi connectivity index (χ4n) is 3.22. The molecule has 0 aliphatic carbocycles. The number of methoxy groups -OCH3 is 1. The number of thiophene rings is 1. The van der Waals surface area contributed by atoms with E-state index in [-0.39, 0.29) is 18.0 Å². The summed E-state index contributed by atoms with van der Waals surface area (Å²) < 4.78 is 11.2. The van der Waals surface area contributed by atoms with E-state index in [0.717, 1.165) is 28.4 Å². The van der Waals surface area contributed by atoms with Crippen LogP contribution in [0.25, 0.3) is 10.4 Å². The molecule has 0 saturated heterocycles. The summed E-state index contributed by atoms with van der Waals surface area (Å²) in [4.78, 5) is 16.6. The molecule has 0 spiro atoms. The van der Waals surface area contributed by atoms with Crippen LogP contribution in [0.15, 0.2) is 12.4 Å². The average molecular weight is 334 g/mol. The molecule has 2 aromatic heterocycles. The molecule has 0 aromatic carbocycles. The van der Waals surface area contributed by atoms with Crippen LogP contribution in [0, 0.1) is 0 Å². The first kappa shape index (κ1) is 14.5. The summed E-state index contributed by atoms with van der Waals surface area (Å²) >= 11 is 1.45. The normalized spacial score (nSPS) is 23.0. The Bertz CT molecular complexity index is 727. The Labute approximate surface area is 137 Å². The second-order valence-corrected chi connectivity index (χ2v) is 6.76. The zero-order chi connectivity index (χ0) is 16.0. The van der Waals surface area contributed by atoms with Crippen molar-refractivity contribution < 1.29 is 14.3 Å². The molecule has 0 saturated carbocycles. The number of nitrogens with one attached hydrogen (secondary N) is 2. The van der Waals surface area contributed by atoms with Gasteiger partial charge in [-0.15, -0.1) is 11.3 Å². The SMILES string of the molecule is COC[C@H]1NC(=O)c2sc(-c3cn[nH]c3)c3c2N(CCO3)[C@H]1C. The number of ether oxygens (including phenoxy) is 2. The average Bonchev–Trinajstić information content (AvgIpc) is 3.18. The molecule has 0 radical (unpaired) electrons. The molecule has 0 bridgehead atoms. The molecule has 0 unspecified atom stereocenters. The Morgan fingerprint density at radius 2 is 2.39 bits per heavy atom. The van der Waals surface area contributed by atoms with E-state index in [1.54, 1.807) is 13.3 Å². The van der Waals surface area contributed by atoms with E-state index in [1.165, 1.54) is 11.3 Å². The van der Waals surface area contributed by atoms with Crippen LogP contribution in [0.2, 0.25) is 0 Å². The van der Waals surface area contributed by atoms with Gasteiger partial charge < -0.3 is 19.7 Å². The molecule has 4 heterocycles. The van der Waals surface area contributed by atoms with E-state index in [1.807, 2.05) is 6.20 Å². The molecule has 23 heavy (non-hydrogen) atoms. The van der Waals surface area contributed by atoms with Crippen LogP contribution in [-0.4, -0.2) is 55.1 Å². The largest absolute Gasteiger partial charge is 0.488 e. The molecule has 0 fully saturated rings. The lowest BCUT2D eigenvalue weighted by molar-refractivity contribution is 0.0895. The first-order valence-electron chi connectivity index (χ1n) is 7.56. The molecular weight excluding hydrogens is 316 g/mol. The molecule has 2 atom stereocenters. The van der Waals surface area contributed by atoms with Gasteiger partial charge in [-0.3, -0.25) is 9.89 Å². The summed E-state index contributed by atoms with van der Waals surface area (Å²) in [5, 5.41) is 9.91. The van der Waals surface area contributed by atoms with Crippen molar-refractivity contribution in [1.29, 1.82) is 0 Å². The number of H-pyrrole nitrogens is 1. The van der Waals surface area contributed by atoms with Gasteiger partial charge in [-0.05, 0) is 6.92 Å². The van der Waals surface area contributed by atoms with Gasteiger partial charge >= 0.3 is 0 Å². The highest BCUT2D eigenvalue weighted by atomic mass is 32.1. The molecule has 8 heteroatoms. The summed E-state index contributed by atoms with van der Waals surface area (Å²) in [5.41, 5.74) is 1.84. The number of carbonyl (C=O) groups excluding carboxylic acids is 1. The van der Waals surface area contributed by atoms with Crippen molar-refractivity contribution in [2.45, 2.75) is 19.0 Å². The summed E-state index contributed by atoms with van der Waals surface area (Å²) in [6.07, 6.45) is 3.57. The lowest BCUT2D eigenvalue weighted by Crippen LogP contribution is -2.51. The van der Waals surface area contributed by atoms with Gasteiger partial charge in [0.25, 0.3) is 5.91 Å². The number of anilines is 1. The first-order valence-corrected chi connectivity index (χ1v) is 8.37. The van der Waals surface area contributed by atoms with E-state index >= 15 is 0 Å². The van der Waals surface area contributed by atoms with Gasteiger partial charge in [0.05, 0.1) is 30.3 Å². The zero-order valence-corrected chi connectivity index (χ0v) is 13.8. The Morgan fingerprint density at radius 3 is 3.13 bits per heavy atom. The lowest BCUT2D eigenvalue weighted by Gasteiger charge is -2.36. The fourth-order valence-corrected chi connectivity index (χ4v) is 4.36. The van der Waals surface area contributed by atoms with Crippen LogP contribution in [0.4, 0.5) is 5.69 Å². The number of nitrogens with zero attached hydrogens (tertiary/aromatic N) is 2. The maximum absolute atomic E-state index is 12.7. The minimum absolute atomic E-state index is 0.0459. The van der Waals surface area contributed by atoms with Crippen LogP contribution in [0.1, 0.15) is 16.6 Å². The zero-order valence-electron chi connectivity index (χ0n) is 13.0. The van der Waals surface area contributed by atoms with Crippen molar-refractivity contribution in [1.82, 2.24) is 15.5 Å². The van der Waals surface area contributed by atoms with E-state index in [2.05, 4.69) is 27.3 Å². The number of aromatic nitrogens is 2. The van der Waals surface area contributed by atoms with Crippen molar-refractivity contribution in [3.8, 4) is 16.2 Å². The number of hydrogen-bond acceptors (Lipinski definition) is 6. The fraction of sp³-hybridized carbons (Fsp3) is 0.467. The minimum atomic E-state index is -0.0668. The predicted molar refractivity (Wildman–Crippen MR) is 87.3 cm³/mol. The van der Waals surface area contributed by atoms with E-state index < -0.39 is 0 Å². The monoisotopic (exact) mass is 334 g/mol. The summed E-state index contributed by atoms with van der Waals surface area (Å²) in [7, 11) is 1.65. The Hall–Kier alpha value is -2.06. The molecule has 2 aliphatic rings. The molecule has 2 N–H and O–H groups in total. The van der Waals surface area contributed by atoms with Crippen LogP contribution < -0.4 is 15.0 Å². The molecule has 7 nitrogen and oxygen atoms in total. The summed E-state index contributed by atoms with van der Waals surface area (Å²) in [6, 6.07) is 0.0880. The maximum Gasteiger partial charge on any atom is 0.264 e. The highest BCUT2D eigenvalue weighted by Gasteiger charge is 2.39. The van der Waals surface area contributed by atoms with Gasteiger partial charge in [0.15, 0.2) is 5.75 Å². The third kappa shape index (κ3) is 2.21. The quantitative estimate of drug-likeness (QED) is 0.889. The van der Waals surface area contributed by atoms with Crippen LogP contribution in [-0.2, 0) is 4.74 Å². The molecule has 2 aliphatic heterocycles. The smallest absolute Gasteiger partial charge is 0.264 e. The third-order valence-electron chi connectivity index (χ3n) is 4.41. The Balaban J connectivity index is 1.85. The number of carbonyl (C=O) groups is 1. The van der Waals surface area contributed by atoms with Gasteiger partial charge in [-0.25, -0.2) is 0 Å². The predicted octanol–water partition coefficient (Wildman–Crippen LogP) is 1.48. The number of hydrogen-bond donors (Lipinski definition) is 2.